The van der Waals surface area contributed by atoms with E-state index in [2.05, 4.69) is 44.6 Å². The Bertz CT molecular complexity index is 413. The number of halogens is 1. The molecule has 1 aromatic heterocycles. The molecule has 0 amide bonds. The predicted octanol–water partition coefficient (Wildman–Crippen LogP) is 2.97. The molecular weight excluding hydrogens is 306 g/mol. The van der Waals surface area contributed by atoms with Gasteiger partial charge in [-0.05, 0) is 56.1 Å². The number of hydrogen-bond acceptors (Lipinski definition) is 3. The van der Waals surface area contributed by atoms with Crippen LogP contribution in [0.5, 0.6) is 0 Å². The van der Waals surface area contributed by atoms with Crippen molar-refractivity contribution in [2.45, 2.75) is 52.3 Å². The van der Waals surface area contributed by atoms with Crippen LogP contribution in [0.1, 0.15) is 37.6 Å². The zero-order valence-corrected chi connectivity index (χ0v) is 13.7. The topological polar surface area (TPSA) is 30.3 Å². The monoisotopic (exact) mass is 329 g/mol. The van der Waals surface area contributed by atoms with Crippen LogP contribution in [0, 0.1) is 6.92 Å². The molecule has 5 heteroatoms. The van der Waals surface area contributed by atoms with Gasteiger partial charge in [-0.15, -0.1) is 0 Å². The van der Waals surface area contributed by atoms with E-state index >= 15 is 0 Å². The summed E-state index contributed by atoms with van der Waals surface area (Å²) in [5, 5.41) is 4.54. The van der Waals surface area contributed by atoms with Gasteiger partial charge in [-0.25, -0.2) is 0 Å². The smallest absolute Gasteiger partial charge is 0.0739 e. The van der Waals surface area contributed by atoms with Crippen molar-refractivity contribution in [1.82, 2.24) is 14.7 Å². The van der Waals surface area contributed by atoms with E-state index in [0.717, 1.165) is 36.4 Å². The quantitative estimate of drug-likeness (QED) is 0.831. The van der Waals surface area contributed by atoms with E-state index < -0.39 is 0 Å². The third-order valence-corrected chi connectivity index (χ3v) is 4.69. The molecule has 1 fully saturated rings. The molecule has 0 aliphatic carbocycles. The number of hydrogen-bond donors (Lipinski definition) is 0. The first-order chi connectivity index (χ1) is 9.11. The van der Waals surface area contributed by atoms with Crippen LogP contribution in [0.2, 0.25) is 0 Å². The van der Waals surface area contributed by atoms with Gasteiger partial charge in [0.2, 0.25) is 0 Å². The maximum absolute atomic E-state index is 5.80. The van der Waals surface area contributed by atoms with Gasteiger partial charge in [0, 0.05) is 26.2 Å². The van der Waals surface area contributed by atoms with E-state index in [4.69, 9.17) is 4.74 Å². The zero-order chi connectivity index (χ0) is 13.8. The standard InChI is InChI=1S/C14H24BrN3O/c1-4-18-13(14(15)11(2)16-18)10-17(3)9-12-7-5-6-8-19-12/h12H,4-10H2,1-3H3. The molecule has 1 aliphatic heterocycles. The Morgan fingerprint density at radius 1 is 1.47 bits per heavy atom. The summed E-state index contributed by atoms with van der Waals surface area (Å²) < 4.78 is 9.03. The summed E-state index contributed by atoms with van der Waals surface area (Å²) in [6, 6.07) is 0. The molecule has 0 aromatic carbocycles. The lowest BCUT2D eigenvalue weighted by molar-refractivity contribution is -0.00294. The van der Waals surface area contributed by atoms with E-state index in [1.165, 1.54) is 25.0 Å². The fraction of sp³-hybridized carbons (Fsp3) is 0.786. The Labute approximate surface area is 124 Å². The van der Waals surface area contributed by atoms with Crippen molar-refractivity contribution in [3.63, 3.8) is 0 Å². The Morgan fingerprint density at radius 3 is 2.89 bits per heavy atom. The maximum Gasteiger partial charge on any atom is 0.0739 e. The molecule has 0 radical (unpaired) electrons. The van der Waals surface area contributed by atoms with Gasteiger partial charge in [0.15, 0.2) is 0 Å². The summed E-state index contributed by atoms with van der Waals surface area (Å²) in [6.07, 6.45) is 4.11. The molecule has 2 rings (SSSR count). The molecular formula is C14H24BrN3O. The van der Waals surface area contributed by atoms with E-state index in [1.54, 1.807) is 0 Å². The highest BCUT2D eigenvalue weighted by atomic mass is 79.9. The Hall–Kier alpha value is -0.390. The second-order valence-corrected chi connectivity index (χ2v) is 6.14. The molecule has 1 atom stereocenters. The van der Waals surface area contributed by atoms with Crippen LogP contribution in [0.15, 0.2) is 4.47 Å². The highest BCUT2D eigenvalue weighted by Crippen LogP contribution is 2.23. The van der Waals surface area contributed by atoms with Gasteiger partial charge in [-0.1, -0.05) is 0 Å². The number of likely N-dealkylation sites (N-methyl/N-ethyl adjacent to an activating group) is 1. The first-order valence-electron chi connectivity index (χ1n) is 7.13. The summed E-state index contributed by atoms with van der Waals surface area (Å²) in [5.41, 5.74) is 2.33. The minimum Gasteiger partial charge on any atom is -0.377 e. The molecule has 1 saturated heterocycles. The minimum atomic E-state index is 0.400. The van der Waals surface area contributed by atoms with Gasteiger partial charge in [-0.3, -0.25) is 9.58 Å². The van der Waals surface area contributed by atoms with Crippen LogP contribution in [-0.2, 0) is 17.8 Å². The second kappa shape index (κ2) is 6.86. The average molecular weight is 330 g/mol. The Balaban J connectivity index is 1.96. The Kier molecular flexibility index (Phi) is 5.42. The van der Waals surface area contributed by atoms with Crippen molar-refractivity contribution in [2.75, 3.05) is 20.2 Å². The predicted molar refractivity (Wildman–Crippen MR) is 80.3 cm³/mol. The summed E-state index contributed by atoms with van der Waals surface area (Å²) in [7, 11) is 2.16. The maximum atomic E-state index is 5.80. The lowest BCUT2D eigenvalue weighted by Gasteiger charge is -2.27. The summed E-state index contributed by atoms with van der Waals surface area (Å²) >= 11 is 3.65. The van der Waals surface area contributed by atoms with Crippen LogP contribution < -0.4 is 0 Å². The molecule has 0 saturated carbocycles. The zero-order valence-electron chi connectivity index (χ0n) is 12.2. The van der Waals surface area contributed by atoms with Gasteiger partial charge < -0.3 is 4.74 Å². The summed E-state index contributed by atoms with van der Waals surface area (Å²) in [4.78, 5) is 2.34. The number of aryl methyl sites for hydroxylation is 2. The summed E-state index contributed by atoms with van der Waals surface area (Å²) in [5.74, 6) is 0. The molecule has 108 valence electrons. The third kappa shape index (κ3) is 3.80. The van der Waals surface area contributed by atoms with Crippen LogP contribution >= 0.6 is 15.9 Å². The van der Waals surface area contributed by atoms with Crippen molar-refractivity contribution in [3.05, 3.63) is 15.9 Å². The number of rotatable bonds is 5. The average Bonchev–Trinajstić information content (AvgIpc) is 2.67. The molecule has 4 nitrogen and oxygen atoms in total. The summed E-state index contributed by atoms with van der Waals surface area (Å²) in [6.45, 7) is 7.93. The number of ether oxygens (including phenoxy) is 1. The first-order valence-corrected chi connectivity index (χ1v) is 7.93. The highest BCUT2D eigenvalue weighted by molar-refractivity contribution is 9.10. The van der Waals surface area contributed by atoms with Crippen molar-refractivity contribution in [3.8, 4) is 0 Å². The fourth-order valence-electron chi connectivity index (χ4n) is 2.64. The molecule has 0 N–H and O–H groups in total. The van der Waals surface area contributed by atoms with Crippen LogP contribution in [0.3, 0.4) is 0 Å². The van der Waals surface area contributed by atoms with Crippen molar-refractivity contribution in [1.29, 1.82) is 0 Å². The van der Waals surface area contributed by atoms with Crippen LogP contribution in [-0.4, -0.2) is 41.0 Å². The number of aromatic nitrogens is 2. The minimum absolute atomic E-state index is 0.400. The van der Waals surface area contributed by atoms with Crippen molar-refractivity contribution >= 4 is 15.9 Å². The first kappa shape index (κ1) is 15.0. The highest BCUT2D eigenvalue weighted by Gasteiger charge is 2.18. The molecule has 1 unspecified atom stereocenters. The van der Waals surface area contributed by atoms with Gasteiger partial charge in [0.05, 0.1) is 22.0 Å². The lowest BCUT2D eigenvalue weighted by atomic mass is 10.1. The largest absolute Gasteiger partial charge is 0.377 e. The van der Waals surface area contributed by atoms with Gasteiger partial charge in [0.25, 0.3) is 0 Å². The fourth-order valence-corrected chi connectivity index (χ4v) is 3.05. The Morgan fingerprint density at radius 2 is 2.26 bits per heavy atom. The van der Waals surface area contributed by atoms with E-state index in [1.807, 2.05) is 6.92 Å². The molecule has 0 bridgehead atoms. The molecule has 0 spiro atoms. The molecule has 1 aliphatic rings. The molecule has 2 heterocycles. The lowest BCUT2D eigenvalue weighted by Crippen LogP contribution is -2.33. The second-order valence-electron chi connectivity index (χ2n) is 5.35. The van der Waals surface area contributed by atoms with Crippen LogP contribution in [0.25, 0.3) is 0 Å². The van der Waals surface area contributed by atoms with Crippen molar-refractivity contribution < 1.29 is 4.74 Å². The molecule has 19 heavy (non-hydrogen) atoms. The molecule has 1 aromatic rings. The van der Waals surface area contributed by atoms with Gasteiger partial charge in [-0.2, -0.15) is 5.10 Å². The van der Waals surface area contributed by atoms with E-state index in [0.29, 0.717) is 6.10 Å². The third-order valence-electron chi connectivity index (χ3n) is 3.66. The van der Waals surface area contributed by atoms with E-state index in [-0.39, 0.29) is 0 Å². The van der Waals surface area contributed by atoms with E-state index in [9.17, 15) is 0 Å². The van der Waals surface area contributed by atoms with Gasteiger partial charge in [0.1, 0.15) is 0 Å². The normalized spacial score (nSPS) is 20.2. The van der Waals surface area contributed by atoms with Crippen LogP contribution in [0.4, 0.5) is 0 Å². The number of nitrogens with zero attached hydrogens (tertiary/aromatic N) is 3. The SMILES string of the molecule is CCn1nc(C)c(Br)c1CN(C)CC1CCCCO1. The van der Waals surface area contributed by atoms with Crippen molar-refractivity contribution in [2.24, 2.45) is 0 Å². The van der Waals surface area contributed by atoms with Gasteiger partial charge >= 0.3 is 0 Å².